The van der Waals surface area contributed by atoms with Gasteiger partial charge in [0, 0.05) is 5.38 Å². The molecule has 0 bridgehead atoms. The molecule has 0 atom stereocenters. The Balaban J connectivity index is 1.48. The van der Waals surface area contributed by atoms with Crippen molar-refractivity contribution >= 4 is 23.1 Å². The highest BCUT2D eigenvalue weighted by molar-refractivity contribution is 7.09. The maximum atomic E-state index is 12.2. The predicted octanol–water partition coefficient (Wildman–Crippen LogP) is 4.11. The molecule has 2 aromatic carbocycles. The topological polar surface area (TPSA) is 65.5 Å². The quantitative estimate of drug-likeness (QED) is 0.510. The maximum Gasteiger partial charge on any atom is 0.311 e. The van der Waals surface area contributed by atoms with Crippen LogP contribution >= 0.6 is 11.3 Å². The van der Waals surface area contributed by atoms with Crippen molar-refractivity contribution in [3.63, 3.8) is 0 Å². The van der Waals surface area contributed by atoms with Crippen molar-refractivity contribution in [2.75, 3.05) is 13.2 Å². The molecule has 3 aromatic rings. The fourth-order valence-corrected chi connectivity index (χ4v) is 3.45. The Bertz CT molecular complexity index is 919. The second kappa shape index (κ2) is 9.80. The SMILES string of the molecule is CCOC(=O)Cc1csc(CC(=O)COc2ccc(-c3ccccc3)cc2)n1. The second-order valence-electron chi connectivity index (χ2n) is 6.11. The summed E-state index contributed by atoms with van der Waals surface area (Å²) in [6.07, 6.45) is 0.318. The van der Waals surface area contributed by atoms with Crippen molar-refractivity contribution < 1.29 is 19.1 Å². The van der Waals surface area contributed by atoms with E-state index in [1.54, 1.807) is 12.3 Å². The number of carbonyl (C=O) groups excluding carboxylic acids is 2. The molecule has 3 rings (SSSR count). The summed E-state index contributed by atoms with van der Waals surface area (Å²) in [5.41, 5.74) is 2.85. The zero-order valence-electron chi connectivity index (χ0n) is 15.6. The number of rotatable bonds is 9. The number of ether oxygens (including phenoxy) is 2. The Hall–Kier alpha value is -2.99. The summed E-state index contributed by atoms with van der Waals surface area (Å²) in [5, 5.41) is 2.45. The molecular formula is C22H21NO4S. The monoisotopic (exact) mass is 395 g/mol. The minimum absolute atomic E-state index is 0.0164. The molecule has 0 saturated carbocycles. The molecule has 0 radical (unpaired) electrons. The van der Waals surface area contributed by atoms with Crippen molar-refractivity contribution in [2.24, 2.45) is 0 Å². The molecule has 5 nitrogen and oxygen atoms in total. The van der Waals surface area contributed by atoms with Crippen LogP contribution in [0.1, 0.15) is 17.6 Å². The van der Waals surface area contributed by atoms with E-state index < -0.39 is 0 Å². The van der Waals surface area contributed by atoms with Gasteiger partial charge in [-0.1, -0.05) is 42.5 Å². The van der Waals surface area contributed by atoms with E-state index in [0.717, 1.165) is 11.1 Å². The van der Waals surface area contributed by atoms with Gasteiger partial charge in [0.15, 0.2) is 5.78 Å². The van der Waals surface area contributed by atoms with Crippen molar-refractivity contribution in [3.8, 4) is 16.9 Å². The number of hydrogen-bond donors (Lipinski definition) is 0. The molecule has 6 heteroatoms. The van der Waals surface area contributed by atoms with Crippen LogP contribution in [0.25, 0.3) is 11.1 Å². The lowest BCUT2D eigenvalue weighted by atomic mass is 10.1. The fourth-order valence-electron chi connectivity index (χ4n) is 2.63. The average molecular weight is 395 g/mol. The number of thiazole rings is 1. The van der Waals surface area contributed by atoms with Crippen LogP contribution in [0.5, 0.6) is 5.75 Å². The van der Waals surface area contributed by atoms with Crippen molar-refractivity contribution in [3.05, 3.63) is 70.7 Å². The van der Waals surface area contributed by atoms with Crippen LogP contribution in [0.2, 0.25) is 0 Å². The number of Topliss-reactive ketones (excluding diaryl/α,β-unsaturated/α-hetero) is 1. The lowest BCUT2D eigenvalue weighted by Crippen LogP contribution is -2.14. The summed E-state index contributed by atoms with van der Waals surface area (Å²) in [7, 11) is 0. The molecule has 0 unspecified atom stereocenters. The molecule has 0 spiro atoms. The maximum absolute atomic E-state index is 12.2. The van der Waals surface area contributed by atoms with Gasteiger partial charge in [-0.3, -0.25) is 9.59 Å². The summed E-state index contributed by atoms with van der Waals surface area (Å²) < 4.78 is 10.5. The summed E-state index contributed by atoms with van der Waals surface area (Å²) >= 11 is 1.36. The van der Waals surface area contributed by atoms with E-state index in [4.69, 9.17) is 9.47 Å². The Labute approximate surface area is 168 Å². The molecule has 0 aliphatic carbocycles. The molecule has 0 saturated heterocycles. The third kappa shape index (κ3) is 5.76. The van der Waals surface area contributed by atoms with Gasteiger partial charge in [0.1, 0.15) is 17.4 Å². The van der Waals surface area contributed by atoms with Gasteiger partial charge in [-0.25, -0.2) is 4.98 Å². The third-order valence-corrected chi connectivity index (χ3v) is 4.84. The first-order chi connectivity index (χ1) is 13.6. The minimum atomic E-state index is -0.312. The highest BCUT2D eigenvalue weighted by Crippen LogP contribution is 2.22. The van der Waals surface area contributed by atoms with E-state index in [9.17, 15) is 9.59 Å². The van der Waals surface area contributed by atoms with Crippen LogP contribution in [-0.4, -0.2) is 30.0 Å². The fraction of sp³-hybridized carbons (Fsp3) is 0.227. The van der Waals surface area contributed by atoms with E-state index >= 15 is 0 Å². The van der Waals surface area contributed by atoms with Gasteiger partial charge in [-0.05, 0) is 30.2 Å². The van der Waals surface area contributed by atoms with Gasteiger partial charge in [-0.2, -0.15) is 0 Å². The van der Waals surface area contributed by atoms with Crippen molar-refractivity contribution in [1.29, 1.82) is 0 Å². The first-order valence-corrected chi connectivity index (χ1v) is 9.91. The van der Waals surface area contributed by atoms with Gasteiger partial charge in [0.25, 0.3) is 0 Å². The smallest absolute Gasteiger partial charge is 0.311 e. The number of nitrogens with zero attached hydrogens (tertiary/aromatic N) is 1. The highest BCUT2D eigenvalue weighted by atomic mass is 32.1. The number of ketones is 1. The lowest BCUT2D eigenvalue weighted by Gasteiger charge is -2.06. The second-order valence-corrected chi connectivity index (χ2v) is 7.05. The zero-order chi connectivity index (χ0) is 19.8. The Morgan fingerprint density at radius 1 is 0.964 bits per heavy atom. The van der Waals surface area contributed by atoms with Crippen LogP contribution in [0, 0.1) is 0 Å². The van der Waals surface area contributed by atoms with Crippen LogP contribution < -0.4 is 4.74 Å². The van der Waals surface area contributed by atoms with Gasteiger partial charge in [0.05, 0.1) is 25.1 Å². The highest BCUT2D eigenvalue weighted by Gasteiger charge is 2.12. The largest absolute Gasteiger partial charge is 0.486 e. The molecule has 1 aromatic heterocycles. The standard InChI is InChI=1S/C22H21NO4S/c1-2-26-22(25)12-18-15-28-21(23-18)13-19(24)14-27-20-10-8-17(9-11-20)16-6-4-3-5-7-16/h3-11,15H,2,12-14H2,1H3. The molecule has 0 aliphatic rings. The van der Waals surface area contributed by atoms with E-state index in [0.29, 0.717) is 23.1 Å². The number of hydrogen-bond acceptors (Lipinski definition) is 6. The zero-order valence-corrected chi connectivity index (χ0v) is 16.4. The van der Waals surface area contributed by atoms with Crippen LogP contribution in [0.3, 0.4) is 0 Å². The molecule has 28 heavy (non-hydrogen) atoms. The molecule has 1 heterocycles. The van der Waals surface area contributed by atoms with Crippen molar-refractivity contribution in [2.45, 2.75) is 19.8 Å². The first-order valence-electron chi connectivity index (χ1n) is 9.03. The minimum Gasteiger partial charge on any atom is -0.486 e. The van der Waals surface area contributed by atoms with Gasteiger partial charge in [-0.15, -0.1) is 11.3 Å². The Morgan fingerprint density at radius 3 is 2.39 bits per heavy atom. The number of carbonyl (C=O) groups is 2. The van der Waals surface area contributed by atoms with E-state index in [2.05, 4.69) is 4.98 Å². The van der Waals surface area contributed by atoms with Crippen LogP contribution in [-0.2, 0) is 27.2 Å². The van der Waals surface area contributed by atoms with Crippen molar-refractivity contribution in [1.82, 2.24) is 4.98 Å². The lowest BCUT2D eigenvalue weighted by molar-refractivity contribution is -0.142. The first kappa shape index (κ1) is 19.8. The Kier molecular flexibility index (Phi) is 6.92. The van der Waals surface area contributed by atoms with E-state index in [1.165, 1.54) is 11.3 Å². The number of aromatic nitrogens is 1. The summed E-state index contributed by atoms with van der Waals surface area (Å²) in [5.74, 6) is 0.271. The molecular weight excluding hydrogens is 374 g/mol. The van der Waals surface area contributed by atoms with Crippen LogP contribution in [0.4, 0.5) is 0 Å². The van der Waals surface area contributed by atoms with Gasteiger partial charge in [0.2, 0.25) is 0 Å². The van der Waals surface area contributed by atoms with Crippen LogP contribution in [0.15, 0.2) is 60.0 Å². The summed E-state index contributed by atoms with van der Waals surface area (Å²) in [6, 6.07) is 17.7. The third-order valence-electron chi connectivity index (χ3n) is 3.94. The normalized spacial score (nSPS) is 10.5. The molecule has 0 N–H and O–H groups in total. The molecule has 0 amide bonds. The summed E-state index contributed by atoms with van der Waals surface area (Å²) in [4.78, 5) is 27.9. The molecule has 144 valence electrons. The average Bonchev–Trinajstić information content (AvgIpc) is 3.14. The van der Waals surface area contributed by atoms with Gasteiger partial charge < -0.3 is 9.47 Å². The van der Waals surface area contributed by atoms with E-state index in [-0.39, 0.29) is 31.2 Å². The number of benzene rings is 2. The van der Waals surface area contributed by atoms with E-state index in [1.807, 2.05) is 54.6 Å². The van der Waals surface area contributed by atoms with Gasteiger partial charge >= 0.3 is 5.97 Å². The number of esters is 1. The predicted molar refractivity (Wildman–Crippen MR) is 109 cm³/mol. The molecule has 0 aliphatic heterocycles. The molecule has 0 fully saturated rings. The summed E-state index contributed by atoms with van der Waals surface area (Å²) in [6.45, 7) is 2.09. The Morgan fingerprint density at radius 2 is 1.68 bits per heavy atom.